The van der Waals surface area contributed by atoms with Gasteiger partial charge >= 0.3 is 0 Å². The maximum Gasteiger partial charge on any atom is 0.265 e. The Labute approximate surface area is 139 Å². The van der Waals surface area contributed by atoms with Crippen LogP contribution in [0.5, 0.6) is 0 Å². The number of carbonyl (C=O) groups excluding carboxylic acids is 1. The van der Waals surface area contributed by atoms with Crippen LogP contribution in [-0.4, -0.2) is 33.8 Å². The van der Waals surface area contributed by atoms with Gasteiger partial charge in [0.1, 0.15) is 4.88 Å². The zero-order valence-electron chi connectivity index (χ0n) is 14.0. The van der Waals surface area contributed by atoms with Gasteiger partial charge in [-0.3, -0.25) is 9.20 Å². The molecule has 1 amide bonds. The van der Waals surface area contributed by atoms with Crippen molar-refractivity contribution < 1.29 is 4.79 Å². The standard InChI is InChI=1S/C17H22N4OS/c1-17(2,3)10-20(4)15(22)14-9-21-13-7-11(8-18)5-6-12(13)19-16(21)23-14/h5-7,9H,8,10,18H2,1-4H3. The number of nitrogens with zero attached hydrogens (tertiary/aromatic N) is 3. The van der Waals surface area contributed by atoms with Crippen molar-refractivity contribution in [2.24, 2.45) is 11.1 Å². The van der Waals surface area contributed by atoms with Gasteiger partial charge in [-0.25, -0.2) is 4.98 Å². The van der Waals surface area contributed by atoms with Gasteiger partial charge in [-0.1, -0.05) is 38.2 Å². The van der Waals surface area contributed by atoms with Crippen LogP contribution >= 0.6 is 11.3 Å². The van der Waals surface area contributed by atoms with Crippen LogP contribution in [0.15, 0.2) is 24.4 Å². The average Bonchev–Trinajstić information content (AvgIpc) is 3.01. The fraction of sp³-hybridized carbons (Fsp3) is 0.412. The molecule has 2 aromatic heterocycles. The zero-order chi connectivity index (χ0) is 16.8. The summed E-state index contributed by atoms with van der Waals surface area (Å²) >= 11 is 1.43. The molecule has 0 bridgehead atoms. The Morgan fingerprint density at radius 1 is 1.39 bits per heavy atom. The van der Waals surface area contributed by atoms with Gasteiger partial charge in [0.05, 0.1) is 11.0 Å². The van der Waals surface area contributed by atoms with Crippen molar-refractivity contribution in [3.8, 4) is 0 Å². The van der Waals surface area contributed by atoms with E-state index in [2.05, 4.69) is 25.8 Å². The van der Waals surface area contributed by atoms with Crippen molar-refractivity contribution >= 4 is 33.2 Å². The lowest BCUT2D eigenvalue weighted by Gasteiger charge is -2.26. The maximum atomic E-state index is 12.6. The highest BCUT2D eigenvalue weighted by molar-refractivity contribution is 7.18. The summed E-state index contributed by atoms with van der Waals surface area (Å²) in [7, 11) is 1.85. The molecule has 6 heteroatoms. The number of hydrogen-bond acceptors (Lipinski definition) is 4. The van der Waals surface area contributed by atoms with E-state index >= 15 is 0 Å². The van der Waals surface area contributed by atoms with E-state index in [0.717, 1.165) is 21.6 Å². The van der Waals surface area contributed by atoms with Crippen LogP contribution in [0.4, 0.5) is 0 Å². The molecule has 3 aromatic rings. The van der Waals surface area contributed by atoms with Crippen LogP contribution in [0.25, 0.3) is 16.0 Å². The number of nitrogens with two attached hydrogens (primary N) is 1. The van der Waals surface area contributed by atoms with E-state index in [9.17, 15) is 4.79 Å². The first-order valence-electron chi connectivity index (χ1n) is 7.64. The second-order valence-corrected chi connectivity index (χ2v) is 8.12. The number of hydrogen-bond donors (Lipinski definition) is 1. The summed E-state index contributed by atoms with van der Waals surface area (Å²) in [5, 5.41) is 0. The van der Waals surface area contributed by atoms with E-state index in [1.165, 1.54) is 11.3 Å². The molecule has 0 saturated heterocycles. The van der Waals surface area contributed by atoms with E-state index < -0.39 is 0 Å². The second kappa shape index (κ2) is 5.62. The third kappa shape index (κ3) is 3.09. The van der Waals surface area contributed by atoms with Crippen molar-refractivity contribution in [2.45, 2.75) is 27.3 Å². The first kappa shape index (κ1) is 16.0. The molecule has 0 fully saturated rings. The van der Waals surface area contributed by atoms with Crippen LogP contribution < -0.4 is 5.73 Å². The van der Waals surface area contributed by atoms with Gasteiger partial charge < -0.3 is 10.6 Å². The molecule has 122 valence electrons. The highest BCUT2D eigenvalue weighted by atomic mass is 32.1. The summed E-state index contributed by atoms with van der Waals surface area (Å²) in [4.78, 5) is 20.5. The van der Waals surface area contributed by atoms with Crippen LogP contribution in [0.1, 0.15) is 36.0 Å². The van der Waals surface area contributed by atoms with Crippen LogP contribution in [0.3, 0.4) is 0 Å². The number of carbonyl (C=O) groups is 1. The Balaban J connectivity index is 1.98. The highest BCUT2D eigenvalue weighted by Crippen LogP contribution is 2.26. The fourth-order valence-electron chi connectivity index (χ4n) is 2.75. The lowest BCUT2D eigenvalue weighted by atomic mass is 9.96. The predicted molar refractivity (Wildman–Crippen MR) is 94.9 cm³/mol. The Morgan fingerprint density at radius 2 is 2.13 bits per heavy atom. The van der Waals surface area contributed by atoms with Crippen molar-refractivity contribution in [3.05, 3.63) is 34.8 Å². The molecule has 3 rings (SSSR count). The Morgan fingerprint density at radius 3 is 2.78 bits per heavy atom. The van der Waals surface area contributed by atoms with Crippen molar-refractivity contribution in [3.63, 3.8) is 0 Å². The van der Waals surface area contributed by atoms with E-state index in [0.29, 0.717) is 18.0 Å². The molecular formula is C17H22N4OS. The number of amides is 1. The minimum Gasteiger partial charge on any atom is -0.340 e. The normalized spacial score (nSPS) is 12.2. The van der Waals surface area contributed by atoms with E-state index in [1.54, 1.807) is 4.90 Å². The molecule has 0 aliphatic heterocycles. The lowest BCUT2D eigenvalue weighted by molar-refractivity contribution is 0.0750. The molecule has 0 radical (unpaired) electrons. The monoisotopic (exact) mass is 330 g/mol. The van der Waals surface area contributed by atoms with Crippen molar-refractivity contribution in [1.29, 1.82) is 0 Å². The average molecular weight is 330 g/mol. The Hall–Kier alpha value is -1.92. The summed E-state index contributed by atoms with van der Waals surface area (Å²) in [5.74, 6) is 0.0403. The smallest absolute Gasteiger partial charge is 0.265 e. The Bertz CT molecular complexity index is 872. The number of aromatic nitrogens is 2. The molecular weight excluding hydrogens is 308 g/mol. The SMILES string of the molecule is CN(CC(C)(C)C)C(=O)c1cn2c(nc3ccc(CN)cc32)s1. The van der Waals surface area contributed by atoms with Crippen molar-refractivity contribution in [2.75, 3.05) is 13.6 Å². The van der Waals surface area contributed by atoms with Gasteiger partial charge in [0.2, 0.25) is 0 Å². The third-order valence-electron chi connectivity index (χ3n) is 3.67. The molecule has 0 atom stereocenters. The lowest BCUT2D eigenvalue weighted by Crippen LogP contribution is -2.34. The molecule has 0 saturated carbocycles. The fourth-order valence-corrected chi connectivity index (χ4v) is 3.74. The van der Waals surface area contributed by atoms with Gasteiger partial charge in [-0.15, -0.1) is 0 Å². The topological polar surface area (TPSA) is 63.6 Å². The summed E-state index contributed by atoms with van der Waals surface area (Å²) < 4.78 is 1.98. The first-order valence-corrected chi connectivity index (χ1v) is 8.46. The van der Waals surface area contributed by atoms with E-state index in [-0.39, 0.29) is 11.3 Å². The first-order chi connectivity index (χ1) is 10.8. The summed E-state index contributed by atoms with van der Waals surface area (Å²) in [5.41, 5.74) is 8.77. The highest BCUT2D eigenvalue weighted by Gasteiger charge is 2.21. The molecule has 0 aliphatic carbocycles. The summed E-state index contributed by atoms with van der Waals surface area (Å²) in [6, 6.07) is 6.00. The Kier molecular flexibility index (Phi) is 3.90. The largest absolute Gasteiger partial charge is 0.340 e. The molecule has 2 N–H and O–H groups in total. The summed E-state index contributed by atoms with van der Waals surface area (Å²) in [6.07, 6.45) is 1.89. The predicted octanol–water partition coefficient (Wildman–Crippen LogP) is 3.13. The van der Waals surface area contributed by atoms with Gasteiger partial charge in [0, 0.05) is 26.3 Å². The number of rotatable bonds is 3. The minimum atomic E-state index is 0.0403. The van der Waals surface area contributed by atoms with Gasteiger partial charge in [-0.05, 0) is 23.1 Å². The molecule has 0 spiro atoms. The molecule has 5 nitrogen and oxygen atoms in total. The molecule has 0 unspecified atom stereocenters. The maximum absolute atomic E-state index is 12.6. The molecule has 1 aromatic carbocycles. The second-order valence-electron chi connectivity index (χ2n) is 7.11. The molecule has 0 aliphatic rings. The quantitative estimate of drug-likeness (QED) is 0.802. The molecule has 23 heavy (non-hydrogen) atoms. The van der Waals surface area contributed by atoms with E-state index in [1.807, 2.05) is 35.8 Å². The minimum absolute atomic E-state index is 0.0403. The van der Waals surface area contributed by atoms with Gasteiger partial charge in [0.15, 0.2) is 4.96 Å². The summed E-state index contributed by atoms with van der Waals surface area (Å²) in [6.45, 7) is 7.58. The van der Waals surface area contributed by atoms with Gasteiger partial charge in [-0.2, -0.15) is 0 Å². The molecule has 2 heterocycles. The zero-order valence-corrected chi connectivity index (χ0v) is 14.8. The van der Waals surface area contributed by atoms with Crippen molar-refractivity contribution in [1.82, 2.24) is 14.3 Å². The number of imidazole rings is 1. The van der Waals surface area contributed by atoms with E-state index in [4.69, 9.17) is 5.73 Å². The van der Waals surface area contributed by atoms with Crippen LogP contribution in [0.2, 0.25) is 0 Å². The number of fused-ring (bicyclic) bond motifs is 3. The van der Waals surface area contributed by atoms with Gasteiger partial charge in [0.25, 0.3) is 5.91 Å². The third-order valence-corrected chi connectivity index (χ3v) is 4.64. The van der Waals surface area contributed by atoms with Crippen LogP contribution in [0, 0.1) is 5.41 Å². The number of thiazole rings is 1. The number of benzene rings is 1. The van der Waals surface area contributed by atoms with Crippen LogP contribution in [-0.2, 0) is 6.54 Å².